The number of nitrogens with zero attached hydrogens (tertiary/aromatic N) is 1. The van der Waals surface area contributed by atoms with Crippen LogP contribution in [-0.2, 0) is 11.2 Å². The van der Waals surface area contributed by atoms with E-state index in [1.54, 1.807) is 0 Å². The molecule has 3 nitrogen and oxygen atoms in total. The fourth-order valence-corrected chi connectivity index (χ4v) is 3.74. The molecule has 1 aliphatic heterocycles. The quantitative estimate of drug-likeness (QED) is 0.916. The van der Waals surface area contributed by atoms with Gasteiger partial charge in [0.25, 0.3) is 0 Å². The van der Waals surface area contributed by atoms with Gasteiger partial charge in [0, 0.05) is 24.2 Å². The summed E-state index contributed by atoms with van der Waals surface area (Å²) >= 11 is 0. The van der Waals surface area contributed by atoms with Crippen LogP contribution in [0.15, 0.2) is 24.3 Å². The lowest BCUT2D eigenvalue weighted by Gasteiger charge is -2.51. The van der Waals surface area contributed by atoms with Crippen LogP contribution in [0.1, 0.15) is 44.1 Å². The van der Waals surface area contributed by atoms with Gasteiger partial charge < -0.3 is 10.0 Å². The summed E-state index contributed by atoms with van der Waals surface area (Å²) in [4.78, 5) is 13.1. The molecule has 0 aromatic heterocycles. The molecule has 1 spiro atoms. The van der Waals surface area contributed by atoms with Crippen LogP contribution in [0.5, 0.6) is 0 Å². The first-order valence-corrected chi connectivity index (χ1v) is 7.73. The van der Waals surface area contributed by atoms with Crippen molar-refractivity contribution in [3.63, 3.8) is 0 Å². The summed E-state index contributed by atoms with van der Waals surface area (Å²) in [6.45, 7) is 2.37. The molecule has 0 unspecified atom stereocenters. The Kier molecular flexibility index (Phi) is 3.68. The first kappa shape index (κ1) is 13.5. The number of rotatable bonds is 3. The van der Waals surface area contributed by atoms with Crippen LogP contribution in [0.25, 0.3) is 0 Å². The first-order chi connectivity index (χ1) is 9.67. The summed E-state index contributed by atoms with van der Waals surface area (Å²) in [5, 5.41) is 8.78. The molecule has 1 heterocycles. The summed E-state index contributed by atoms with van der Waals surface area (Å²) in [6, 6.07) is 8.03. The van der Waals surface area contributed by atoms with Gasteiger partial charge in [0.15, 0.2) is 0 Å². The van der Waals surface area contributed by atoms with Crippen molar-refractivity contribution in [1.29, 1.82) is 0 Å². The Hall–Kier alpha value is -1.51. The van der Waals surface area contributed by atoms with E-state index in [9.17, 15) is 4.79 Å². The van der Waals surface area contributed by atoms with Crippen molar-refractivity contribution >= 4 is 11.7 Å². The van der Waals surface area contributed by atoms with Gasteiger partial charge in [0.1, 0.15) is 0 Å². The number of carbonyl (C=O) groups is 1. The lowest BCUT2D eigenvalue weighted by molar-refractivity contribution is -0.136. The summed E-state index contributed by atoms with van der Waals surface area (Å²) in [5.41, 5.74) is 2.70. The second-order valence-corrected chi connectivity index (χ2v) is 6.51. The van der Waals surface area contributed by atoms with Gasteiger partial charge in [-0.25, -0.2) is 0 Å². The molecular formula is C17H23NO2. The van der Waals surface area contributed by atoms with Crippen molar-refractivity contribution in [2.45, 2.75) is 44.9 Å². The maximum absolute atomic E-state index is 10.7. The van der Waals surface area contributed by atoms with E-state index < -0.39 is 5.97 Å². The zero-order chi connectivity index (χ0) is 14.0. The molecule has 20 heavy (non-hydrogen) atoms. The molecule has 108 valence electrons. The highest BCUT2D eigenvalue weighted by Gasteiger charge is 2.42. The molecule has 1 saturated heterocycles. The zero-order valence-corrected chi connectivity index (χ0v) is 12.0. The summed E-state index contributed by atoms with van der Waals surface area (Å²) in [5.74, 6) is -0.765. The van der Waals surface area contributed by atoms with Crippen LogP contribution in [0, 0.1) is 5.41 Å². The van der Waals surface area contributed by atoms with E-state index in [0.29, 0.717) is 5.41 Å². The maximum Gasteiger partial charge on any atom is 0.307 e. The minimum atomic E-state index is -0.765. The van der Waals surface area contributed by atoms with Crippen LogP contribution in [0.4, 0.5) is 5.69 Å². The van der Waals surface area contributed by atoms with E-state index >= 15 is 0 Å². The van der Waals surface area contributed by atoms with Gasteiger partial charge in [-0.3, -0.25) is 4.79 Å². The zero-order valence-electron chi connectivity index (χ0n) is 12.0. The Morgan fingerprint density at radius 3 is 2.20 bits per heavy atom. The molecule has 3 rings (SSSR count). The van der Waals surface area contributed by atoms with Gasteiger partial charge in [0.2, 0.25) is 0 Å². The van der Waals surface area contributed by atoms with Gasteiger partial charge in [-0.1, -0.05) is 37.8 Å². The van der Waals surface area contributed by atoms with E-state index in [-0.39, 0.29) is 6.42 Å². The van der Waals surface area contributed by atoms with Crippen LogP contribution in [0.2, 0.25) is 0 Å². The van der Waals surface area contributed by atoms with E-state index in [4.69, 9.17) is 5.11 Å². The third kappa shape index (κ3) is 2.82. The minimum Gasteiger partial charge on any atom is -0.481 e. The van der Waals surface area contributed by atoms with Crippen LogP contribution < -0.4 is 4.90 Å². The van der Waals surface area contributed by atoms with Crippen molar-refractivity contribution in [3.05, 3.63) is 29.8 Å². The Bertz CT molecular complexity index is 464. The molecule has 0 bridgehead atoms. The highest BCUT2D eigenvalue weighted by Crippen LogP contribution is 2.44. The van der Waals surface area contributed by atoms with Crippen molar-refractivity contribution in [1.82, 2.24) is 0 Å². The summed E-state index contributed by atoms with van der Waals surface area (Å²) in [7, 11) is 0. The molecule has 1 aromatic rings. The van der Waals surface area contributed by atoms with Crippen molar-refractivity contribution < 1.29 is 9.90 Å². The Balaban J connectivity index is 1.60. The SMILES string of the molecule is O=C(O)Cc1ccc(N2CC3(CCCCCC3)C2)cc1. The molecule has 0 atom stereocenters. The van der Waals surface area contributed by atoms with Crippen molar-refractivity contribution in [3.8, 4) is 0 Å². The third-order valence-electron chi connectivity index (χ3n) is 4.87. The summed E-state index contributed by atoms with van der Waals surface area (Å²) in [6.07, 6.45) is 8.50. The van der Waals surface area contributed by atoms with Crippen LogP contribution >= 0.6 is 0 Å². The number of hydrogen-bond acceptors (Lipinski definition) is 2. The molecule has 0 radical (unpaired) electrons. The van der Waals surface area contributed by atoms with E-state index in [0.717, 1.165) is 5.56 Å². The molecule has 2 fully saturated rings. The topological polar surface area (TPSA) is 40.5 Å². The van der Waals surface area contributed by atoms with E-state index in [1.165, 1.54) is 57.3 Å². The molecule has 2 aliphatic rings. The number of hydrogen-bond donors (Lipinski definition) is 1. The Morgan fingerprint density at radius 1 is 1.05 bits per heavy atom. The molecule has 1 saturated carbocycles. The molecular weight excluding hydrogens is 250 g/mol. The second-order valence-electron chi connectivity index (χ2n) is 6.51. The highest BCUT2D eigenvalue weighted by atomic mass is 16.4. The number of carboxylic acids is 1. The van der Waals surface area contributed by atoms with Crippen molar-refractivity contribution in [2.75, 3.05) is 18.0 Å². The van der Waals surface area contributed by atoms with E-state index in [2.05, 4.69) is 17.0 Å². The van der Waals surface area contributed by atoms with Gasteiger partial charge in [-0.05, 0) is 30.5 Å². The fourth-order valence-electron chi connectivity index (χ4n) is 3.74. The standard InChI is InChI=1S/C17H23NO2/c19-16(20)11-14-5-7-15(8-6-14)18-12-17(13-18)9-3-1-2-4-10-17/h5-8H,1-4,9-13H2,(H,19,20). The highest BCUT2D eigenvalue weighted by molar-refractivity contribution is 5.70. The molecule has 1 aromatic carbocycles. The largest absolute Gasteiger partial charge is 0.481 e. The lowest BCUT2D eigenvalue weighted by Crippen LogP contribution is -2.56. The van der Waals surface area contributed by atoms with Gasteiger partial charge in [-0.2, -0.15) is 0 Å². The molecule has 0 amide bonds. The van der Waals surface area contributed by atoms with Crippen LogP contribution in [-0.4, -0.2) is 24.2 Å². The average Bonchev–Trinajstić information content (AvgIpc) is 2.63. The smallest absolute Gasteiger partial charge is 0.307 e. The number of carboxylic acid groups (broad SMARTS) is 1. The number of anilines is 1. The van der Waals surface area contributed by atoms with Crippen LogP contribution in [0.3, 0.4) is 0 Å². The van der Waals surface area contributed by atoms with E-state index in [1.807, 2.05) is 12.1 Å². The number of aliphatic carboxylic acids is 1. The minimum absolute atomic E-state index is 0.115. The maximum atomic E-state index is 10.7. The molecule has 1 N–H and O–H groups in total. The Labute approximate surface area is 120 Å². The molecule has 3 heteroatoms. The second kappa shape index (κ2) is 5.47. The third-order valence-corrected chi connectivity index (χ3v) is 4.87. The average molecular weight is 273 g/mol. The molecule has 1 aliphatic carbocycles. The van der Waals surface area contributed by atoms with Gasteiger partial charge >= 0.3 is 5.97 Å². The van der Waals surface area contributed by atoms with Gasteiger partial charge in [0.05, 0.1) is 6.42 Å². The monoisotopic (exact) mass is 273 g/mol. The predicted octanol–water partition coefficient (Wildman–Crippen LogP) is 3.47. The Morgan fingerprint density at radius 2 is 1.65 bits per heavy atom. The number of benzene rings is 1. The van der Waals surface area contributed by atoms with Gasteiger partial charge in [-0.15, -0.1) is 0 Å². The first-order valence-electron chi connectivity index (χ1n) is 7.73. The van der Waals surface area contributed by atoms with Crippen molar-refractivity contribution in [2.24, 2.45) is 5.41 Å². The summed E-state index contributed by atoms with van der Waals surface area (Å²) < 4.78 is 0. The predicted molar refractivity (Wildman–Crippen MR) is 80.1 cm³/mol. The fraction of sp³-hybridized carbons (Fsp3) is 0.588. The lowest BCUT2D eigenvalue weighted by atomic mass is 9.73. The normalized spacial score (nSPS) is 21.3.